The number of hydrogen-bond acceptors (Lipinski definition) is 7. The Morgan fingerprint density at radius 3 is 2.69 bits per heavy atom. The molecular formula is C20H17F2N3O4. The molecule has 0 aromatic carbocycles. The van der Waals surface area contributed by atoms with Gasteiger partial charge in [0.25, 0.3) is 11.7 Å². The molecular weight excluding hydrogens is 384 g/mol. The molecule has 1 fully saturated rings. The molecule has 3 atom stereocenters. The molecule has 6 aliphatic rings. The molecule has 4 heterocycles. The molecule has 0 N–H and O–H groups in total. The fourth-order valence-corrected chi connectivity index (χ4v) is 5.04. The van der Waals surface area contributed by atoms with Gasteiger partial charge in [-0.05, 0) is 25.3 Å². The van der Waals surface area contributed by atoms with E-state index in [0.29, 0.717) is 11.4 Å². The summed E-state index contributed by atoms with van der Waals surface area (Å²) in [5.41, 5.74) is 1.09. The number of rotatable bonds is 1. The van der Waals surface area contributed by atoms with Crippen molar-refractivity contribution in [3.05, 3.63) is 46.5 Å². The Hall–Kier alpha value is -2.97. The Labute approximate surface area is 164 Å². The highest BCUT2D eigenvalue weighted by molar-refractivity contribution is 6.43. The summed E-state index contributed by atoms with van der Waals surface area (Å²) in [6.07, 6.45) is 4.78. The van der Waals surface area contributed by atoms with E-state index in [0.717, 1.165) is 25.9 Å². The first-order valence-corrected chi connectivity index (χ1v) is 9.79. The van der Waals surface area contributed by atoms with Crippen molar-refractivity contribution in [2.75, 3.05) is 13.1 Å². The van der Waals surface area contributed by atoms with Crippen LogP contribution in [0.15, 0.2) is 51.6 Å². The van der Waals surface area contributed by atoms with E-state index in [1.165, 1.54) is 0 Å². The third kappa shape index (κ3) is 2.18. The SMILES string of the molecule is O=C1CCC2=C(OC3=C(F)C(N4CCCC4)=CC4C=C5C(F)=NOC5N2C34)C1=O. The van der Waals surface area contributed by atoms with Gasteiger partial charge in [0, 0.05) is 25.4 Å². The zero-order valence-corrected chi connectivity index (χ0v) is 15.4. The van der Waals surface area contributed by atoms with Crippen LogP contribution < -0.4 is 0 Å². The van der Waals surface area contributed by atoms with Crippen molar-refractivity contribution in [2.45, 2.75) is 38.0 Å². The van der Waals surface area contributed by atoms with Crippen LogP contribution in [-0.4, -0.2) is 52.7 Å². The van der Waals surface area contributed by atoms with Gasteiger partial charge in [0.2, 0.25) is 12.0 Å². The zero-order chi connectivity index (χ0) is 19.9. The number of hydrogen-bond donors (Lipinski definition) is 0. The minimum atomic E-state index is -0.907. The summed E-state index contributed by atoms with van der Waals surface area (Å²) in [6.45, 7) is 1.44. The number of fused-ring (bicyclic) bond motifs is 3. The number of ketones is 2. The Kier molecular flexibility index (Phi) is 3.37. The van der Waals surface area contributed by atoms with Gasteiger partial charge in [0.15, 0.2) is 17.3 Å². The van der Waals surface area contributed by atoms with Crippen LogP contribution in [0.3, 0.4) is 0 Å². The van der Waals surface area contributed by atoms with Crippen molar-refractivity contribution in [1.29, 1.82) is 0 Å². The van der Waals surface area contributed by atoms with Crippen LogP contribution in [0.4, 0.5) is 8.78 Å². The third-order valence-corrected chi connectivity index (χ3v) is 6.37. The summed E-state index contributed by atoms with van der Waals surface area (Å²) in [6, 6.07) is -0.615. The summed E-state index contributed by atoms with van der Waals surface area (Å²) in [5, 5.41) is 3.46. The molecule has 3 unspecified atom stereocenters. The number of Topliss-reactive ketones (excluding diaryl/α,β-unsaturated/α-hetero) is 2. The maximum Gasteiger partial charge on any atom is 0.265 e. The van der Waals surface area contributed by atoms with E-state index >= 15 is 4.39 Å². The largest absolute Gasteiger partial charge is 0.450 e. The summed E-state index contributed by atoms with van der Waals surface area (Å²) < 4.78 is 35.7. The lowest BCUT2D eigenvalue weighted by Crippen LogP contribution is -2.56. The van der Waals surface area contributed by atoms with Gasteiger partial charge in [0.05, 0.1) is 17.0 Å². The lowest BCUT2D eigenvalue weighted by atomic mass is 9.81. The van der Waals surface area contributed by atoms with Crippen molar-refractivity contribution >= 4 is 17.5 Å². The van der Waals surface area contributed by atoms with Crippen molar-refractivity contribution in [2.24, 2.45) is 11.1 Å². The molecule has 0 spiro atoms. The zero-order valence-electron chi connectivity index (χ0n) is 15.4. The Balaban J connectivity index is 1.55. The van der Waals surface area contributed by atoms with E-state index in [-0.39, 0.29) is 35.9 Å². The van der Waals surface area contributed by atoms with Crippen molar-refractivity contribution in [1.82, 2.24) is 9.80 Å². The highest BCUT2D eigenvalue weighted by atomic mass is 19.1. The molecule has 150 valence electrons. The molecule has 1 saturated heterocycles. The van der Waals surface area contributed by atoms with Crippen LogP contribution in [0.25, 0.3) is 0 Å². The van der Waals surface area contributed by atoms with Gasteiger partial charge in [-0.2, -0.15) is 4.39 Å². The highest BCUT2D eigenvalue weighted by Gasteiger charge is 2.54. The lowest BCUT2D eigenvalue weighted by Gasteiger charge is -2.49. The second-order valence-electron chi connectivity index (χ2n) is 7.95. The summed E-state index contributed by atoms with van der Waals surface area (Å²) in [5.74, 6) is -3.22. The number of carbonyl (C=O) groups is 2. The first-order chi connectivity index (χ1) is 14.0. The topological polar surface area (TPSA) is 71.4 Å². The number of carbonyl (C=O) groups excluding carboxylic acids is 2. The molecule has 0 amide bonds. The first kappa shape index (κ1) is 16.9. The van der Waals surface area contributed by atoms with Crippen molar-refractivity contribution < 1.29 is 27.9 Å². The predicted octanol–water partition coefficient (Wildman–Crippen LogP) is 2.20. The van der Waals surface area contributed by atoms with Gasteiger partial charge in [-0.1, -0.05) is 11.2 Å². The Morgan fingerprint density at radius 2 is 1.90 bits per heavy atom. The van der Waals surface area contributed by atoms with Crippen LogP contribution in [-0.2, 0) is 19.2 Å². The number of nitrogens with zero attached hydrogens (tertiary/aromatic N) is 3. The second-order valence-corrected chi connectivity index (χ2v) is 7.95. The lowest BCUT2D eigenvalue weighted by molar-refractivity contribution is -0.138. The van der Waals surface area contributed by atoms with E-state index < -0.39 is 35.6 Å². The Morgan fingerprint density at radius 1 is 1.10 bits per heavy atom. The average Bonchev–Trinajstić information content (AvgIpc) is 3.37. The van der Waals surface area contributed by atoms with E-state index in [9.17, 15) is 14.0 Å². The molecule has 0 aromatic rings. The van der Waals surface area contributed by atoms with Crippen LogP contribution in [0.1, 0.15) is 25.7 Å². The van der Waals surface area contributed by atoms with Crippen molar-refractivity contribution in [3.63, 3.8) is 0 Å². The number of oxime groups is 1. The molecule has 9 heteroatoms. The van der Waals surface area contributed by atoms with Gasteiger partial charge >= 0.3 is 0 Å². The summed E-state index contributed by atoms with van der Waals surface area (Å²) in [4.78, 5) is 33.4. The predicted molar refractivity (Wildman–Crippen MR) is 95.0 cm³/mol. The van der Waals surface area contributed by atoms with Crippen molar-refractivity contribution in [3.8, 4) is 0 Å². The molecule has 0 saturated carbocycles. The van der Waals surface area contributed by atoms with Gasteiger partial charge in [-0.25, -0.2) is 4.39 Å². The van der Waals surface area contributed by atoms with Crippen LogP contribution in [0.5, 0.6) is 0 Å². The van der Waals surface area contributed by atoms with E-state index in [4.69, 9.17) is 9.57 Å². The second kappa shape index (κ2) is 5.77. The monoisotopic (exact) mass is 401 g/mol. The maximum atomic E-state index is 15.6. The first-order valence-electron chi connectivity index (χ1n) is 9.79. The summed E-state index contributed by atoms with van der Waals surface area (Å²) in [7, 11) is 0. The van der Waals surface area contributed by atoms with Gasteiger partial charge in [-0.15, -0.1) is 0 Å². The van der Waals surface area contributed by atoms with E-state index in [1.807, 2.05) is 4.90 Å². The Bertz CT molecular complexity index is 1020. The van der Waals surface area contributed by atoms with E-state index in [2.05, 4.69) is 5.16 Å². The van der Waals surface area contributed by atoms with Gasteiger partial charge in [0.1, 0.15) is 6.04 Å². The summed E-state index contributed by atoms with van der Waals surface area (Å²) >= 11 is 0. The normalized spacial score (nSPS) is 32.9. The van der Waals surface area contributed by atoms with Crippen LogP contribution in [0, 0.1) is 5.92 Å². The molecule has 4 aliphatic heterocycles. The minimum absolute atomic E-state index is 0.0209. The highest BCUT2D eigenvalue weighted by Crippen LogP contribution is 2.49. The fraction of sp³-hybridized carbons (Fsp3) is 0.450. The number of ether oxygens (including phenoxy) is 1. The molecule has 0 bridgehead atoms. The molecule has 6 rings (SSSR count). The maximum absolute atomic E-state index is 15.6. The molecule has 0 aromatic heterocycles. The number of allylic oxidation sites excluding steroid dienone is 3. The number of likely N-dealkylation sites (tertiary alicyclic amines) is 1. The van der Waals surface area contributed by atoms with E-state index in [1.54, 1.807) is 17.1 Å². The van der Waals surface area contributed by atoms with Crippen LogP contribution in [0.2, 0.25) is 0 Å². The fourth-order valence-electron chi connectivity index (χ4n) is 5.04. The smallest absolute Gasteiger partial charge is 0.265 e. The quantitative estimate of drug-likeness (QED) is 0.628. The molecule has 0 radical (unpaired) electrons. The van der Waals surface area contributed by atoms with Gasteiger partial charge < -0.3 is 19.4 Å². The number of halogens is 2. The third-order valence-electron chi connectivity index (χ3n) is 6.37. The van der Waals surface area contributed by atoms with Crippen LogP contribution >= 0.6 is 0 Å². The molecule has 7 nitrogen and oxygen atoms in total. The minimum Gasteiger partial charge on any atom is -0.450 e. The van der Waals surface area contributed by atoms with Gasteiger partial charge in [-0.3, -0.25) is 9.59 Å². The standard InChI is InChI=1S/C20H17F2N3O4/c21-14-12(24-5-1-2-6-24)8-9-7-10-19(22)23-29-20(10)25-11-3-4-13(26)16(27)17(11)28-18(14)15(9)25/h7-9,15,20H,1-6H2. The molecule has 2 aliphatic carbocycles. The average molecular weight is 401 g/mol. The molecule has 29 heavy (non-hydrogen) atoms.